The van der Waals surface area contributed by atoms with Crippen molar-refractivity contribution in [3.05, 3.63) is 29.8 Å². The van der Waals surface area contributed by atoms with E-state index in [0.29, 0.717) is 5.56 Å². The predicted molar refractivity (Wildman–Crippen MR) is 61.4 cm³/mol. The van der Waals surface area contributed by atoms with Crippen molar-refractivity contribution in [1.82, 2.24) is 0 Å². The number of nitrogens with zero attached hydrogens (tertiary/aromatic N) is 1. The molecule has 0 heterocycles. The molecule has 0 saturated carbocycles. The Morgan fingerprint density at radius 1 is 1.40 bits per heavy atom. The molecule has 82 valence electrons. The fraction of sp³-hybridized carbons (Fsp3) is 0.417. The lowest BCUT2D eigenvalue weighted by molar-refractivity contribution is 0.112. The highest BCUT2D eigenvalue weighted by Gasteiger charge is 2.07. The number of para-hydroxylation sites is 1. The van der Waals surface area contributed by atoms with Gasteiger partial charge in [-0.1, -0.05) is 12.1 Å². The van der Waals surface area contributed by atoms with Gasteiger partial charge in [-0.3, -0.25) is 4.79 Å². The number of benzene rings is 1. The molecule has 0 aromatic heterocycles. The van der Waals surface area contributed by atoms with Gasteiger partial charge in [-0.25, -0.2) is 0 Å². The van der Waals surface area contributed by atoms with Crippen molar-refractivity contribution in [2.75, 3.05) is 24.6 Å². The van der Waals surface area contributed by atoms with E-state index in [1.165, 1.54) is 0 Å². The van der Waals surface area contributed by atoms with Gasteiger partial charge in [-0.05, 0) is 25.5 Å². The average Bonchev–Trinajstić information content (AvgIpc) is 2.30. The maximum Gasteiger partial charge on any atom is 0.152 e. The molecule has 0 spiro atoms. The van der Waals surface area contributed by atoms with Crippen LogP contribution in [0.15, 0.2) is 24.3 Å². The molecule has 0 bridgehead atoms. The molecule has 3 heteroatoms. The van der Waals surface area contributed by atoms with Crippen LogP contribution in [-0.4, -0.2) is 31.1 Å². The number of aliphatic hydroxyl groups excluding tert-OH is 1. The first-order chi connectivity index (χ1) is 7.33. The molecule has 1 aromatic carbocycles. The van der Waals surface area contributed by atoms with Crippen LogP contribution < -0.4 is 4.90 Å². The molecule has 0 unspecified atom stereocenters. The minimum absolute atomic E-state index is 0.180. The summed E-state index contributed by atoms with van der Waals surface area (Å²) >= 11 is 0. The van der Waals surface area contributed by atoms with Crippen molar-refractivity contribution < 1.29 is 9.90 Å². The zero-order valence-electron chi connectivity index (χ0n) is 9.02. The van der Waals surface area contributed by atoms with E-state index < -0.39 is 0 Å². The van der Waals surface area contributed by atoms with Gasteiger partial charge in [-0.2, -0.15) is 0 Å². The normalized spacial score (nSPS) is 10.0. The van der Waals surface area contributed by atoms with E-state index in [4.69, 9.17) is 5.11 Å². The molecule has 0 amide bonds. The molecule has 0 aliphatic heterocycles. The number of anilines is 1. The van der Waals surface area contributed by atoms with E-state index in [0.717, 1.165) is 31.5 Å². The first kappa shape index (κ1) is 11.7. The summed E-state index contributed by atoms with van der Waals surface area (Å²) in [5.74, 6) is 0. The summed E-state index contributed by atoms with van der Waals surface area (Å²) in [7, 11) is 0. The summed E-state index contributed by atoms with van der Waals surface area (Å²) in [5.41, 5.74) is 1.65. The lowest BCUT2D eigenvalue weighted by atomic mass is 10.1. The fourth-order valence-corrected chi connectivity index (χ4v) is 1.59. The van der Waals surface area contributed by atoms with E-state index >= 15 is 0 Å². The van der Waals surface area contributed by atoms with E-state index in [2.05, 4.69) is 4.90 Å². The highest BCUT2D eigenvalue weighted by atomic mass is 16.3. The summed E-state index contributed by atoms with van der Waals surface area (Å²) in [6.07, 6.45) is 1.60. The molecule has 1 N–H and O–H groups in total. The van der Waals surface area contributed by atoms with Gasteiger partial charge in [0.2, 0.25) is 0 Å². The molecule has 0 saturated heterocycles. The Bertz CT molecular complexity index is 312. The van der Waals surface area contributed by atoms with Crippen LogP contribution in [-0.2, 0) is 0 Å². The maximum atomic E-state index is 10.8. The molecule has 1 aromatic rings. The SMILES string of the molecule is CCN(CCCO)c1ccccc1C=O. The Hall–Kier alpha value is -1.35. The monoisotopic (exact) mass is 207 g/mol. The number of rotatable bonds is 6. The van der Waals surface area contributed by atoms with Crippen LogP contribution in [0.3, 0.4) is 0 Å². The molecule has 0 atom stereocenters. The molecule has 0 aliphatic carbocycles. The first-order valence-corrected chi connectivity index (χ1v) is 5.23. The minimum atomic E-state index is 0.180. The van der Waals surface area contributed by atoms with Crippen LogP contribution in [0.5, 0.6) is 0 Å². The lowest BCUT2D eigenvalue weighted by Crippen LogP contribution is -2.25. The smallest absolute Gasteiger partial charge is 0.152 e. The number of carbonyl (C=O) groups is 1. The Morgan fingerprint density at radius 2 is 2.13 bits per heavy atom. The standard InChI is InChI=1S/C12H17NO2/c1-2-13(8-5-9-14)12-7-4-3-6-11(12)10-15/h3-4,6-7,10,14H,2,5,8-9H2,1H3. The molecule has 0 radical (unpaired) electrons. The lowest BCUT2D eigenvalue weighted by Gasteiger charge is -2.24. The van der Waals surface area contributed by atoms with Crippen molar-refractivity contribution >= 4 is 12.0 Å². The van der Waals surface area contributed by atoms with Gasteiger partial charge in [0.1, 0.15) is 0 Å². The second kappa shape index (κ2) is 6.19. The van der Waals surface area contributed by atoms with Crippen molar-refractivity contribution in [3.63, 3.8) is 0 Å². The maximum absolute atomic E-state index is 10.8. The van der Waals surface area contributed by atoms with Gasteiger partial charge < -0.3 is 10.0 Å². The summed E-state index contributed by atoms with van der Waals surface area (Å²) in [4.78, 5) is 12.9. The number of aldehydes is 1. The molecule has 0 aliphatic rings. The average molecular weight is 207 g/mol. The third-order valence-electron chi connectivity index (χ3n) is 2.37. The van der Waals surface area contributed by atoms with Gasteiger partial charge in [0.25, 0.3) is 0 Å². The Morgan fingerprint density at radius 3 is 2.73 bits per heavy atom. The van der Waals surface area contributed by atoms with Crippen LogP contribution in [0, 0.1) is 0 Å². The van der Waals surface area contributed by atoms with E-state index in [1.807, 2.05) is 31.2 Å². The predicted octanol–water partition coefficient (Wildman–Crippen LogP) is 1.71. The zero-order valence-corrected chi connectivity index (χ0v) is 9.02. The van der Waals surface area contributed by atoms with E-state index in [1.54, 1.807) is 0 Å². The number of aliphatic hydroxyl groups is 1. The summed E-state index contributed by atoms with van der Waals surface area (Å²) in [6, 6.07) is 7.52. The van der Waals surface area contributed by atoms with Crippen LogP contribution in [0.2, 0.25) is 0 Å². The van der Waals surface area contributed by atoms with E-state index in [9.17, 15) is 4.79 Å². The fourth-order valence-electron chi connectivity index (χ4n) is 1.59. The van der Waals surface area contributed by atoms with Crippen molar-refractivity contribution in [2.24, 2.45) is 0 Å². The third-order valence-corrected chi connectivity index (χ3v) is 2.37. The van der Waals surface area contributed by atoms with Crippen molar-refractivity contribution in [1.29, 1.82) is 0 Å². The Balaban J connectivity index is 2.85. The van der Waals surface area contributed by atoms with Crippen LogP contribution in [0.4, 0.5) is 5.69 Å². The van der Waals surface area contributed by atoms with Gasteiger partial charge in [0.05, 0.1) is 0 Å². The Labute approximate surface area is 90.3 Å². The number of hydrogen-bond acceptors (Lipinski definition) is 3. The second-order valence-electron chi connectivity index (χ2n) is 3.33. The molecular formula is C12H17NO2. The van der Waals surface area contributed by atoms with Crippen molar-refractivity contribution in [3.8, 4) is 0 Å². The first-order valence-electron chi connectivity index (χ1n) is 5.23. The molecular weight excluding hydrogens is 190 g/mol. The van der Waals surface area contributed by atoms with E-state index in [-0.39, 0.29) is 6.61 Å². The third kappa shape index (κ3) is 3.06. The van der Waals surface area contributed by atoms with Crippen molar-refractivity contribution in [2.45, 2.75) is 13.3 Å². The zero-order chi connectivity index (χ0) is 11.1. The quantitative estimate of drug-likeness (QED) is 0.722. The van der Waals surface area contributed by atoms with Crippen LogP contribution in [0.25, 0.3) is 0 Å². The largest absolute Gasteiger partial charge is 0.396 e. The Kier molecular flexibility index (Phi) is 4.84. The minimum Gasteiger partial charge on any atom is -0.396 e. The van der Waals surface area contributed by atoms with Gasteiger partial charge in [0.15, 0.2) is 6.29 Å². The van der Waals surface area contributed by atoms with Gasteiger partial charge in [0, 0.05) is 30.9 Å². The highest BCUT2D eigenvalue weighted by Crippen LogP contribution is 2.18. The topological polar surface area (TPSA) is 40.5 Å². The second-order valence-corrected chi connectivity index (χ2v) is 3.33. The van der Waals surface area contributed by atoms with Crippen LogP contribution in [0.1, 0.15) is 23.7 Å². The number of carbonyl (C=O) groups excluding carboxylic acids is 1. The molecule has 3 nitrogen and oxygen atoms in total. The molecule has 0 fully saturated rings. The molecule has 1 rings (SSSR count). The highest BCUT2D eigenvalue weighted by molar-refractivity contribution is 5.84. The number of hydrogen-bond donors (Lipinski definition) is 1. The van der Waals surface area contributed by atoms with Crippen LogP contribution >= 0.6 is 0 Å². The summed E-state index contributed by atoms with van der Waals surface area (Å²) in [5, 5.41) is 8.79. The summed E-state index contributed by atoms with van der Waals surface area (Å²) in [6.45, 7) is 3.83. The molecule has 15 heavy (non-hydrogen) atoms. The van der Waals surface area contributed by atoms with Gasteiger partial charge in [-0.15, -0.1) is 0 Å². The van der Waals surface area contributed by atoms with Gasteiger partial charge >= 0.3 is 0 Å². The summed E-state index contributed by atoms with van der Waals surface area (Å²) < 4.78 is 0.